The lowest BCUT2D eigenvalue weighted by Crippen LogP contribution is -2.20. The minimum atomic E-state index is -0.250. The van der Waals surface area contributed by atoms with Gasteiger partial charge in [0.1, 0.15) is 11.6 Å². The van der Waals surface area contributed by atoms with E-state index in [-0.39, 0.29) is 11.2 Å². The number of rotatable bonds is 2. The molecule has 3 heteroatoms. The summed E-state index contributed by atoms with van der Waals surface area (Å²) in [7, 11) is 0. The van der Waals surface area contributed by atoms with Crippen LogP contribution in [0.5, 0.6) is 0 Å². The van der Waals surface area contributed by atoms with Crippen LogP contribution in [0.1, 0.15) is 25.2 Å². The van der Waals surface area contributed by atoms with Crippen LogP contribution in [0.2, 0.25) is 0 Å². The molecule has 0 atom stereocenters. The number of fused-ring (bicyclic) bond motifs is 1. The van der Waals surface area contributed by atoms with Crippen molar-refractivity contribution in [2.75, 3.05) is 0 Å². The average molecular weight is 254 g/mol. The number of nitrogens with zero attached hydrogens (tertiary/aromatic N) is 1. The van der Waals surface area contributed by atoms with Crippen molar-refractivity contribution in [2.24, 2.45) is 0 Å². The van der Waals surface area contributed by atoms with Gasteiger partial charge in [-0.2, -0.15) is 0 Å². The number of aromatic nitrogens is 2. The summed E-state index contributed by atoms with van der Waals surface area (Å²) < 4.78 is 13.2. The third-order valence-electron chi connectivity index (χ3n) is 3.53. The number of hydrogen-bond donors (Lipinski definition) is 1. The molecule has 0 saturated heterocycles. The van der Waals surface area contributed by atoms with Crippen molar-refractivity contribution in [3.8, 4) is 0 Å². The summed E-state index contributed by atoms with van der Waals surface area (Å²) >= 11 is 0. The third-order valence-corrected chi connectivity index (χ3v) is 3.53. The standard InChI is InChI=1S/C16H15FN2/c1-16(2,11-6-4-3-5-7-11)15-18-13-9-8-12(17)10-14(13)19-15/h3-10H,1-2H3,(H,18,19). The quantitative estimate of drug-likeness (QED) is 0.735. The van der Waals surface area contributed by atoms with Crippen LogP contribution >= 0.6 is 0 Å². The molecule has 0 radical (unpaired) electrons. The molecule has 0 aliphatic rings. The summed E-state index contributed by atoms with van der Waals surface area (Å²) in [4.78, 5) is 7.80. The number of hydrogen-bond acceptors (Lipinski definition) is 1. The van der Waals surface area contributed by atoms with Crippen LogP contribution in [0.3, 0.4) is 0 Å². The highest BCUT2D eigenvalue weighted by atomic mass is 19.1. The van der Waals surface area contributed by atoms with Crippen LogP contribution in [0.25, 0.3) is 11.0 Å². The lowest BCUT2D eigenvalue weighted by Gasteiger charge is -2.22. The Hall–Kier alpha value is -2.16. The lowest BCUT2D eigenvalue weighted by molar-refractivity contribution is 0.601. The number of nitrogens with one attached hydrogen (secondary N) is 1. The number of benzene rings is 2. The second-order valence-corrected chi connectivity index (χ2v) is 5.24. The van der Waals surface area contributed by atoms with Gasteiger partial charge >= 0.3 is 0 Å². The van der Waals surface area contributed by atoms with E-state index in [1.54, 1.807) is 6.07 Å². The zero-order chi connectivity index (χ0) is 13.5. The molecule has 1 N–H and O–H groups in total. The summed E-state index contributed by atoms with van der Waals surface area (Å²) in [5, 5.41) is 0. The van der Waals surface area contributed by atoms with Crippen LogP contribution in [0, 0.1) is 5.82 Å². The number of aromatic amines is 1. The molecule has 19 heavy (non-hydrogen) atoms. The van der Waals surface area contributed by atoms with Crippen molar-refractivity contribution < 1.29 is 4.39 Å². The highest BCUT2D eigenvalue weighted by Gasteiger charge is 2.26. The van der Waals surface area contributed by atoms with Gasteiger partial charge in [0.25, 0.3) is 0 Å². The molecule has 0 spiro atoms. The highest BCUT2D eigenvalue weighted by Crippen LogP contribution is 2.30. The maximum atomic E-state index is 13.2. The van der Waals surface area contributed by atoms with Crippen molar-refractivity contribution in [3.63, 3.8) is 0 Å². The molecular weight excluding hydrogens is 239 g/mol. The molecule has 0 amide bonds. The molecule has 0 aliphatic heterocycles. The largest absolute Gasteiger partial charge is 0.341 e. The Morgan fingerprint density at radius 2 is 1.79 bits per heavy atom. The van der Waals surface area contributed by atoms with Crippen molar-refractivity contribution in [1.82, 2.24) is 9.97 Å². The predicted octanol–water partition coefficient (Wildman–Crippen LogP) is 4.03. The normalized spacial score (nSPS) is 11.9. The molecule has 3 rings (SSSR count). The number of halogens is 1. The SMILES string of the molecule is CC(C)(c1ccccc1)c1nc2ccc(F)cc2[nH]1. The van der Waals surface area contributed by atoms with Gasteiger partial charge in [0.15, 0.2) is 0 Å². The van der Waals surface area contributed by atoms with E-state index in [1.807, 2.05) is 18.2 Å². The fraction of sp³-hybridized carbons (Fsp3) is 0.188. The maximum Gasteiger partial charge on any atom is 0.125 e. The smallest absolute Gasteiger partial charge is 0.125 e. The van der Waals surface area contributed by atoms with E-state index >= 15 is 0 Å². The predicted molar refractivity (Wildman–Crippen MR) is 74.6 cm³/mol. The zero-order valence-corrected chi connectivity index (χ0v) is 10.9. The van der Waals surface area contributed by atoms with Gasteiger partial charge in [-0.25, -0.2) is 9.37 Å². The van der Waals surface area contributed by atoms with Crippen molar-refractivity contribution in [2.45, 2.75) is 19.3 Å². The molecule has 2 aromatic carbocycles. The van der Waals surface area contributed by atoms with Crippen LogP contribution in [-0.4, -0.2) is 9.97 Å². The van der Waals surface area contributed by atoms with Crippen LogP contribution < -0.4 is 0 Å². The van der Waals surface area contributed by atoms with Gasteiger partial charge in [-0.15, -0.1) is 0 Å². The summed E-state index contributed by atoms with van der Waals surface area (Å²) in [5.41, 5.74) is 2.46. The Labute approximate surface area is 111 Å². The molecular formula is C16H15FN2. The molecule has 1 heterocycles. The number of H-pyrrole nitrogens is 1. The molecule has 0 fully saturated rings. The molecule has 0 unspecified atom stereocenters. The Morgan fingerprint density at radius 1 is 1.05 bits per heavy atom. The summed E-state index contributed by atoms with van der Waals surface area (Å²) in [5.74, 6) is 0.597. The molecule has 3 aromatic rings. The van der Waals surface area contributed by atoms with E-state index in [2.05, 4.69) is 35.9 Å². The van der Waals surface area contributed by atoms with Crippen molar-refractivity contribution >= 4 is 11.0 Å². The van der Waals surface area contributed by atoms with E-state index in [0.717, 1.165) is 16.9 Å². The Balaban J connectivity index is 2.13. The van der Waals surface area contributed by atoms with Gasteiger partial charge in [0, 0.05) is 5.41 Å². The third kappa shape index (κ3) is 2.01. The van der Waals surface area contributed by atoms with Gasteiger partial charge < -0.3 is 4.98 Å². The van der Waals surface area contributed by atoms with Gasteiger partial charge in [-0.3, -0.25) is 0 Å². The second-order valence-electron chi connectivity index (χ2n) is 5.24. The molecule has 2 nitrogen and oxygen atoms in total. The molecule has 0 saturated carbocycles. The summed E-state index contributed by atoms with van der Waals surface area (Å²) in [6, 6.07) is 14.8. The minimum absolute atomic E-state index is 0.239. The molecule has 1 aromatic heterocycles. The Bertz CT molecular complexity index is 714. The zero-order valence-electron chi connectivity index (χ0n) is 10.9. The topological polar surface area (TPSA) is 28.7 Å². The fourth-order valence-corrected chi connectivity index (χ4v) is 2.27. The van der Waals surface area contributed by atoms with E-state index in [9.17, 15) is 4.39 Å². The summed E-state index contributed by atoms with van der Waals surface area (Å²) in [6.07, 6.45) is 0. The van der Waals surface area contributed by atoms with Gasteiger partial charge in [-0.05, 0) is 37.6 Å². The second kappa shape index (κ2) is 4.19. The van der Waals surface area contributed by atoms with Crippen molar-refractivity contribution in [1.29, 1.82) is 0 Å². The Kier molecular flexibility index (Phi) is 2.63. The van der Waals surface area contributed by atoms with E-state index in [4.69, 9.17) is 0 Å². The van der Waals surface area contributed by atoms with Crippen molar-refractivity contribution in [3.05, 3.63) is 65.7 Å². The fourth-order valence-electron chi connectivity index (χ4n) is 2.27. The molecule has 0 aliphatic carbocycles. The maximum absolute atomic E-state index is 13.2. The monoisotopic (exact) mass is 254 g/mol. The minimum Gasteiger partial charge on any atom is -0.341 e. The molecule has 0 bridgehead atoms. The first-order valence-electron chi connectivity index (χ1n) is 6.28. The number of imidazole rings is 1. The average Bonchev–Trinajstić information content (AvgIpc) is 2.83. The van der Waals surface area contributed by atoms with Gasteiger partial charge in [-0.1, -0.05) is 30.3 Å². The lowest BCUT2D eigenvalue weighted by atomic mass is 9.84. The van der Waals surface area contributed by atoms with E-state index in [1.165, 1.54) is 17.7 Å². The molecule has 96 valence electrons. The van der Waals surface area contributed by atoms with E-state index in [0.29, 0.717) is 0 Å². The Morgan fingerprint density at radius 3 is 2.53 bits per heavy atom. The first kappa shape index (κ1) is 11.9. The van der Waals surface area contributed by atoms with Crippen LogP contribution in [-0.2, 0) is 5.41 Å². The van der Waals surface area contributed by atoms with Crippen LogP contribution in [0.15, 0.2) is 48.5 Å². The first-order valence-corrected chi connectivity index (χ1v) is 6.28. The highest BCUT2D eigenvalue weighted by molar-refractivity contribution is 5.75. The van der Waals surface area contributed by atoms with Gasteiger partial charge in [0.05, 0.1) is 11.0 Å². The van der Waals surface area contributed by atoms with Crippen LogP contribution in [0.4, 0.5) is 4.39 Å². The van der Waals surface area contributed by atoms with E-state index < -0.39 is 0 Å². The summed E-state index contributed by atoms with van der Waals surface area (Å²) in [6.45, 7) is 4.22. The first-order chi connectivity index (χ1) is 9.07. The van der Waals surface area contributed by atoms with Gasteiger partial charge in [0.2, 0.25) is 0 Å².